The Morgan fingerprint density at radius 3 is 2.61 bits per heavy atom. The van der Waals surface area contributed by atoms with E-state index in [4.69, 9.17) is 4.74 Å². The van der Waals surface area contributed by atoms with Crippen molar-refractivity contribution in [1.29, 1.82) is 0 Å². The summed E-state index contributed by atoms with van der Waals surface area (Å²) in [6.45, 7) is 8.05. The molecule has 0 amide bonds. The molecule has 0 radical (unpaired) electrons. The summed E-state index contributed by atoms with van der Waals surface area (Å²) in [6.07, 6.45) is 0.582. The molecule has 1 aliphatic rings. The summed E-state index contributed by atoms with van der Waals surface area (Å²) in [7, 11) is -1.56. The van der Waals surface area contributed by atoms with Crippen molar-refractivity contribution < 1.29 is 19.1 Å². The first-order valence-corrected chi connectivity index (χ1v) is 8.88. The van der Waals surface area contributed by atoms with Crippen LogP contribution in [0.5, 0.6) is 5.75 Å². The number of esters is 2. The molecular weight excluding hydrogens is 248 g/mol. The summed E-state index contributed by atoms with van der Waals surface area (Å²) in [4.78, 5) is 22.6. The fraction of sp³-hybridized carbons (Fsp3) is 0.231. The third-order valence-corrected chi connectivity index (χ3v) is 4.77. The summed E-state index contributed by atoms with van der Waals surface area (Å²) in [5.41, 5.74) is 2.51. The first-order chi connectivity index (χ1) is 8.43. The summed E-state index contributed by atoms with van der Waals surface area (Å²) >= 11 is 0. The third-order valence-electron chi connectivity index (χ3n) is 2.78. The molecule has 0 N–H and O–H groups in total. The van der Waals surface area contributed by atoms with E-state index in [1.165, 1.54) is 0 Å². The van der Waals surface area contributed by atoms with E-state index in [0.717, 1.165) is 0 Å². The lowest BCUT2D eigenvalue weighted by Crippen LogP contribution is -2.32. The van der Waals surface area contributed by atoms with Gasteiger partial charge in [0.2, 0.25) is 0 Å². The molecule has 2 rings (SSSR count). The van der Waals surface area contributed by atoms with Crippen LogP contribution in [0.25, 0.3) is 0 Å². The van der Waals surface area contributed by atoms with Gasteiger partial charge in [-0.15, -0.1) is 6.58 Å². The maximum atomic E-state index is 11.4. The number of ether oxygens (including phenoxy) is 2. The van der Waals surface area contributed by atoms with Crippen LogP contribution in [-0.2, 0) is 4.74 Å². The predicted octanol–water partition coefficient (Wildman–Crippen LogP) is 2.35. The van der Waals surface area contributed by atoms with Crippen LogP contribution >= 0.6 is 0 Å². The van der Waals surface area contributed by atoms with Gasteiger partial charge in [0, 0.05) is 0 Å². The minimum atomic E-state index is -1.56. The van der Waals surface area contributed by atoms with Crippen molar-refractivity contribution in [3.8, 4) is 5.75 Å². The Balaban J connectivity index is 2.18. The van der Waals surface area contributed by atoms with Crippen LogP contribution < -0.4 is 4.74 Å². The molecule has 1 aromatic rings. The van der Waals surface area contributed by atoms with Crippen molar-refractivity contribution in [2.24, 2.45) is 0 Å². The number of hydrogen-bond acceptors (Lipinski definition) is 4. The highest BCUT2D eigenvalue weighted by Gasteiger charge is 2.30. The lowest BCUT2D eigenvalue weighted by atomic mass is 10.1. The number of carbonyl (C=O) groups is 2. The lowest BCUT2D eigenvalue weighted by Gasteiger charge is -2.17. The van der Waals surface area contributed by atoms with E-state index < -0.39 is 20.0 Å². The maximum Gasteiger partial charge on any atom is 0.347 e. The van der Waals surface area contributed by atoms with Gasteiger partial charge in [-0.2, -0.15) is 0 Å². The summed E-state index contributed by atoms with van der Waals surface area (Å²) in [5, 5.41) is 0. The Hall–Kier alpha value is -1.88. The van der Waals surface area contributed by atoms with Gasteiger partial charge in [-0.3, -0.25) is 0 Å². The highest BCUT2D eigenvalue weighted by Crippen LogP contribution is 2.25. The van der Waals surface area contributed by atoms with Crippen LogP contribution in [0.1, 0.15) is 20.7 Å². The third kappa shape index (κ3) is 2.35. The fourth-order valence-corrected chi connectivity index (χ4v) is 2.14. The van der Waals surface area contributed by atoms with E-state index in [0.29, 0.717) is 17.5 Å². The number of benzene rings is 1. The highest BCUT2D eigenvalue weighted by molar-refractivity contribution is 6.82. The molecule has 0 fully saturated rings. The zero-order valence-electron chi connectivity index (χ0n) is 10.4. The van der Waals surface area contributed by atoms with Crippen LogP contribution in [0.2, 0.25) is 13.1 Å². The SMILES string of the molecule is C=C[Si](C)(C)COc1ccc2c(c1)C(=O)OC2=O. The van der Waals surface area contributed by atoms with Gasteiger partial charge in [0.25, 0.3) is 0 Å². The monoisotopic (exact) mass is 262 g/mol. The number of fused-ring (bicyclic) bond motifs is 1. The van der Waals surface area contributed by atoms with Gasteiger partial charge in [-0.1, -0.05) is 18.8 Å². The second kappa shape index (κ2) is 4.42. The lowest BCUT2D eigenvalue weighted by molar-refractivity contribution is 0.0443. The van der Waals surface area contributed by atoms with Crippen molar-refractivity contribution in [2.45, 2.75) is 13.1 Å². The number of carbonyl (C=O) groups excluding carboxylic acids is 2. The smallest absolute Gasteiger partial charge is 0.347 e. The number of cyclic esters (lactones) is 2. The molecule has 0 atom stereocenters. The molecule has 18 heavy (non-hydrogen) atoms. The standard InChI is InChI=1S/C13H14O4Si/c1-4-18(2,3)8-16-9-5-6-10-11(7-9)13(15)17-12(10)14/h4-7H,1,8H2,2-3H3. The molecule has 0 aromatic heterocycles. The molecule has 1 heterocycles. The summed E-state index contributed by atoms with van der Waals surface area (Å²) < 4.78 is 10.2. The van der Waals surface area contributed by atoms with Crippen molar-refractivity contribution in [3.05, 3.63) is 41.6 Å². The van der Waals surface area contributed by atoms with Crippen LogP contribution in [-0.4, -0.2) is 26.2 Å². The van der Waals surface area contributed by atoms with Crippen molar-refractivity contribution in [2.75, 3.05) is 6.23 Å². The van der Waals surface area contributed by atoms with E-state index in [1.54, 1.807) is 18.2 Å². The summed E-state index contributed by atoms with van der Waals surface area (Å²) in [5.74, 6) is -0.633. The molecule has 1 aliphatic heterocycles. The fourth-order valence-electron chi connectivity index (χ4n) is 1.48. The molecular formula is C13H14O4Si. The molecule has 5 heteroatoms. The molecule has 0 unspecified atom stereocenters. The van der Waals surface area contributed by atoms with Crippen molar-refractivity contribution >= 4 is 20.0 Å². The normalized spacial score (nSPS) is 14.1. The number of rotatable bonds is 4. The van der Waals surface area contributed by atoms with Crippen LogP contribution in [0.15, 0.2) is 30.5 Å². The van der Waals surface area contributed by atoms with Gasteiger partial charge >= 0.3 is 11.9 Å². The van der Waals surface area contributed by atoms with Crippen LogP contribution in [0.4, 0.5) is 0 Å². The highest BCUT2D eigenvalue weighted by atomic mass is 28.3. The summed E-state index contributed by atoms with van der Waals surface area (Å²) in [6, 6.07) is 4.78. The van der Waals surface area contributed by atoms with Gasteiger partial charge in [0.15, 0.2) is 0 Å². The van der Waals surface area contributed by atoms with E-state index in [2.05, 4.69) is 24.4 Å². The van der Waals surface area contributed by atoms with Gasteiger partial charge < -0.3 is 9.47 Å². The van der Waals surface area contributed by atoms with Gasteiger partial charge in [0.05, 0.1) is 17.4 Å². The first kappa shape index (κ1) is 12.6. The van der Waals surface area contributed by atoms with Crippen molar-refractivity contribution in [1.82, 2.24) is 0 Å². The van der Waals surface area contributed by atoms with E-state index in [1.807, 2.05) is 5.70 Å². The average Bonchev–Trinajstić information content (AvgIpc) is 2.63. The van der Waals surface area contributed by atoms with Crippen molar-refractivity contribution in [3.63, 3.8) is 0 Å². The predicted molar refractivity (Wildman–Crippen MR) is 69.4 cm³/mol. The molecule has 0 bridgehead atoms. The van der Waals surface area contributed by atoms with Gasteiger partial charge in [-0.25, -0.2) is 9.59 Å². The van der Waals surface area contributed by atoms with Crippen LogP contribution in [0.3, 0.4) is 0 Å². The first-order valence-electron chi connectivity index (χ1n) is 5.60. The average molecular weight is 262 g/mol. The van der Waals surface area contributed by atoms with Gasteiger partial charge in [0.1, 0.15) is 13.8 Å². The van der Waals surface area contributed by atoms with E-state index in [-0.39, 0.29) is 5.56 Å². The Morgan fingerprint density at radius 2 is 1.94 bits per heavy atom. The molecule has 0 saturated heterocycles. The molecule has 0 saturated carbocycles. The molecule has 0 spiro atoms. The Morgan fingerprint density at radius 1 is 1.28 bits per heavy atom. The minimum absolute atomic E-state index is 0.274. The molecule has 94 valence electrons. The zero-order valence-corrected chi connectivity index (χ0v) is 11.4. The Labute approximate surface area is 106 Å². The zero-order chi connectivity index (χ0) is 13.3. The second-order valence-electron chi connectivity index (χ2n) is 4.87. The van der Waals surface area contributed by atoms with Gasteiger partial charge in [-0.05, 0) is 18.2 Å². The molecule has 4 nitrogen and oxygen atoms in total. The van der Waals surface area contributed by atoms with E-state index >= 15 is 0 Å². The van der Waals surface area contributed by atoms with E-state index in [9.17, 15) is 9.59 Å². The number of hydrogen-bond donors (Lipinski definition) is 0. The topological polar surface area (TPSA) is 52.6 Å². The molecule has 1 aromatic carbocycles. The second-order valence-corrected chi connectivity index (χ2v) is 9.54. The largest absolute Gasteiger partial charge is 0.497 e. The molecule has 0 aliphatic carbocycles. The maximum absolute atomic E-state index is 11.4. The Kier molecular flexibility index (Phi) is 3.08. The Bertz CT molecular complexity index is 534. The minimum Gasteiger partial charge on any atom is -0.497 e. The van der Waals surface area contributed by atoms with Crippen LogP contribution in [0, 0.1) is 0 Å². The quantitative estimate of drug-likeness (QED) is 0.475.